The lowest BCUT2D eigenvalue weighted by Gasteiger charge is -2.07. The summed E-state index contributed by atoms with van der Waals surface area (Å²) in [6.45, 7) is 0. The predicted molar refractivity (Wildman–Crippen MR) is 66.4 cm³/mol. The highest BCUT2D eigenvalue weighted by molar-refractivity contribution is 5.85. The van der Waals surface area contributed by atoms with Crippen LogP contribution in [-0.2, 0) is 11.8 Å². The van der Waals surface area contributed by atoms with Crippen molar-refractivity contribution in [2.75, 3.05) is 0 Å². The number of benzene rings is 1. The predicted octanol–water partition coefficient (Wildman–Crippen LogP) is 2.45. The molecule has 0 unspecified atom stereocenters. The molecular formula is C13H11FN2O3. The van der Waals surface area contributed by atoms with Crippen molar-refractivity contribution in [2.45, 2.75) is 0 Å². The van der Waals surface area contributed by atoms with E-state index in [1.807, 2.05) is 0 Å². The van der Waals surface area contributed by atoms with E-state index in [0.29, 0.717) is 11.3 Å². The minimum absolute atomic E-state index is 0.0343. The molecule has 0 saturated carbocycles. The van der Waals surface area contributed by atoms with Crippen molar-refractivity contribution >= 4 is 12.0 Å². The van der Waals surface area contributed by atoms with Crippen LogP contribution in [0.5, 0.6) is 11.5 Å². The average molecular weight is 262 g/mol. The number of para-hydroxylation sites is 1. The van der Waals surface area contributed by atoms with Gasteiger partial charge in [0.25, 0.3) is 0 Å². The largest absolute Gasteiger partial charge is 0.478 e. The van der Waals surface area contributed by atoms with Crippen LogP contribution >= 0.6 is 0 Å². The van der Waals surface area contributed by atoms with Crippen molar-refractivity contribution in [1.29, 1.82) is 0 Å². The second-order valence-corrected chi connectivity index (χ2v) is 3.78. The number of ether oxygens (including phenoxy) is 1. The molecule has 0 aliphatic carbocycles. The van der Waals surface area contributed by atoms with Crippen LogP contribution in [0.2, 0.25) is 0 Å². The lowest BCUT2D eigenvalue weighted by Crippen LogP contribution is -1.92. The Morgan fingerprint density at radius 3 is 2.95 bits per heavy atom. The zero-order valence-corrected chi connectivity index (χ0v) is 10.1. The summed E-state index contributed by atoms with van der Waals surface area (Å²) in [6, 6.07) is 4.28. The fraction of sp³-hybridized carbons (Fsp3) is 0.0769. The van der Waals surface area contributed by atoms with Crippen molar-refractivity contribution in [2.24, 2.45) is 7.05 Å². The third-order valence-corrected chi connectivity index (χ3v) is 2.30. The molecule has 5 nitrogen and oxygen atoms in total. The van der Waals surface area contributed by atoms with E-state index >= 15 is 0 Å². The Kier molecular flexibility index (Phi) is 3.61. The van der Waals surface area contributed by atoms with Gasteiger partial charge in [0.1, 0.15) is 0 Å². The van der Waals surface area contributed by atoms with Gasteiger partial charge in [-0.05, 0) is 12.1 Å². The fourth-order valence-electron chi connectivity index (χ4n) is 1.49. The fourth-order valence-corrected chi connectivity index (χ4v) is 1.49. The number of rotatable bonds is 4. The molecule has 0 atom stereocenters. The highest BCUT2D eigenvalue weighted by Crippen LogP contribution is 2.29. The van der Waals surface area contributed by atoms with Gasteiger partial charge in [-0.25, -0.2) is 9.18 Å². The molecule has 1 aromatic carbocycles. The molecule has 0 aliphatic heterocycles. The van der Waals surface area contributed by atoms with E-state index in [1.54, 1.807) is 19.3 Å². The number of halogens is 1. The number of aromatic nitrogens is 2. The van der Waals surface area contributed by atoms with Crippen LogP contribution in [0.25, 0.3) is 6.08 Å². The van der Waals surface area contributed by atoms with Crippen LogP contribution in [0.4, 0.5) is 4.39 Å². The number of hydrogen-bond acceptors (Lipinski definition) is 3. The van der Waals surface area contributed by atoms with Gasteiger partial charge in [-0.2, -0.15) is 5.10 Å². The lowest BCUT2D eigenvalue weighted by molar-refractivity contribution is -0.131. The van der Waals surface area contributed by atoms with E-state index in [1.165, 1.54) is 29.1 Å². The van der Waals surface area contributed by atoms with Crippen LogP contribution in [0.15, 0.2) is 36.7 Å². The molecule has 0 saturated heterocycles. The Morgan fingerprint density at radius 2 is 2.32 bits per heavy atom. The summed E-state index contributed by atoms with van der Waals surface area (Å²) in [5.74, 6) is -1.35. The quantitative estimate of drug-likeness (QED) is 0.859. The summed E-state index contributed by atoms with van der Waals surface area (Å²) in [7, 11) is 1.71. The molecule has 0 radical (unpaired) electrons. The molecule has 0 bridgehead atoms. The molecule has 19 heavy (non-hydrogen) atoms. The molecule has 0 fully saturated rings. The standard InChI is InChI=1S/C13H11FN2O3/c1-16-8-10(7-15-16)19-13-9(5-6-12(17)18)3-2-4-11(13)14/h2-8H,1H3,(H,17,18)/b6-5+. The Morgan fingerprint density at radius 1 is 1.53 bits per heavy atom. The van der Waals surface area contributed by atoms with Gasteiger partial charge in [-0.3, -0.25) is 4.68 Å². The van der Waals surface area contributed by atoms with Crippen molar-refractivity contribution in [3.63, 3.8) is 0 Å². The maximum Gasteiger partial charge on any atom is 0.328 e. The highest BCUT2D eigenvalue weighted by atomic mass is 19.1. The minimum Gasteiger partial charge on any atom is -0.478 e. The molecule has 0 amide bonds. The molecular weight excluding hydrogens is 251 g/mol. The number of aryl methyl sites for hydroxylation is 1. The SMILES string of the molecule is Cn1cc(Oc2c(F)cccc2/C=C/C(=O)O)cn1. The zero-order chi connectivity index (χ0) is 13.8. The van der Waals surface area contributed by atoms with Gasteiger partial charge in [0.2, 0.25) is 0 Å². The normalized spacial score (nSPS) is 10.8. The first kappa shape index (κ1) is 12.8. The van der Waals surface area contributed by atoms with Crippen molar-refractivity contribution in [3.8, 4) is 11.5 Å². The summed E-state index contributed by atoms with van der Waals surface area (Å²) < 4.78 is 20.6. The van der Waals surface area contributed by atoms with Gasteiger partial charge in [-0.15, -0.1) is 0 Å². The van der Waals surface area contributed by atoms with Gasteiger partial charge in [0, 0.05) is 18.7 Å². The van der Waals surface area contributed by atoms with Crippen molar-refractivity contribution < 1.29 is 19.0 Å². The molecule has 2 rings (SSSR count). The van der Waals surface area contributed by atoms with E-state index in [4.69, 9.17) is 9.84 Å². The van der Waals surface area contributed by atoms with Gasteiger partial charge >= 0.3 is 5.97 Å². The van der Waals surface area contributed by atoms with Crippen molar-refractivity contribution in [1.82, 2.24) is 9.78 Å². The number of carboxylic acid groups (broad SMARTS) is 1. The van der Waals surface area contributed by atoms with E-state index in [-0.39, 0.29) is 5.75 Å². The average Bonchev–Trinajstić information content (AvgIpc) is 2.75. The zero-order valence-electron chi connectivity index (χ0n) is 10.1. The number of carbonyl (C=O) groups is 1. The number of carboxylic acids is 1. The minimum atomic E-state index is -1.11. The molecule has 1 N–H and O–H groups in total. The second-order valence-electron chi connectivity index (χ2n) is 3.78. The van der Waals surface area contributed by atoms with Gasteiger partial charge in [0.15, 0.2) is 17.3 Å². The molecule has 0 aliphatic rings. The molecule has 1 heterocycles. The Labute approximate surface area is 108 Å². The molecule has 1 aromatic heterocycles. The summed E-state index contributed by atoms with van der Waals surface area (Å²) in [5.41, 5.74) is 0.339. The summed E-state index contributed by atoms with van der Waals surface area (Å²) >= 11 is 0. The number of aliphatic carboxylic acids is 1. The number of nitrogens with zero attached hydrogens (tertiary/aromatic N) is 2. The van der Waals surface area contributed by atoms with Crippen LogP contribution in [0.1, 0.15) is 5.56 Å². The van der Waals surface area contributed by atoms with Crippen LogP contribution in [0, 0.1) is 5.82 Å². The van der Waals surface area contributed by atoms with E-state index < -0.39 is 11.8 Å². The lowest BCUT2D eigenvalue weighted by atomic mass is 10.2. The van der Waals surface area contributed by atoms with Crippen LogP contribution in [-0.4, -0.2) is 20.9 Å². The molecule has 6 heteroatoms. The summed E-state index contributed by atoms with van der Waals surface area (Å²) in [4.78, 5) is 10.5. The highest BCUT2D eigenvalue weighted by Gasteiger charge is 2.10. The van der Waals surface area contributed by atoms with Gasteiger partial charge < -0.3 is 9.84 Å². The Bertz CT molecular complexity index is 635. The third-order valence-electron chi connectivity index (χ3n) is 2.30. The second kappa shape index (κ2) is 5.34. The molecule has 2 aromatic rings. The van der Waals surface area contributed by atoms with Crippen LogP contribution < -0.4 is 4.74 Å². The van der Waals surface area contributed by atoms with E-state index in [2.05, 4.69) is 5.10 Å². The third kappa shape index (κ3) is 3.19. The maximum atomic E-state index is 13.7. The first-order valence-corrected chi connectivity index (χ1v) is 5.42. The summed E-state index contributed by atoms with van der Waals surface area (Å²) in [5, 5.41) is 12.5. The molecule has 98 valence electrons. The Hall–Kier alpha value is -2.63. The smallest absolute Gasteiger partial charge is 0.328 e. The first-order valence-electron chi connectivity index (χ1n) is 5.42. The van der Waals surface area contributed by atoms with E-state index in [9.17, 15) is 9.18 Å². The van der Waals surface area contributed by atoms with E-state index in [0.717, 1.165) is 6.08 Å². The van der Waals surface area contributed by atoms with Gasteiger partial charge in [-0.1, -0.05) is 12.1 Å². The Balaban J connectivity index is 2.35. The first-order chi connectivity index (χ1) is 9.06. The van der Waals surface area contributed by atoms with Crippen molar-refractivity contribution in [3.05, 3.63) is 48.0 Å². The summed E-state index contributed by atoms with van der Waals surface area (Å²) in [6.07, 6.45) is 5.22. The topological polar surface area (TPSA) is 64.3 Å². The maximum absolute atomic E-state index is 13.7. The van der Waals surface area contributed by atoms with Crippen LogP contribution in [0.3, 0.4) is 0 Å². The molecule has 0 spiro atoms. The van der Waals surface area contributed by atoms with Gasteiger partial charge in [0.05, 0.1) is 12.4 Å². The number of hydrogen-bond donors (Lipinski definition) is 1. The monoisotopic (exact) mass is 262 g/mol.